The lowest BCUT2D eigenvalue weighted by Gasteiger charge is -2.28. The maximum absolute atomic E-state index is 12.7. The van der Waals surface area contributed by atoms with E-state index in [1.807, 2.05) is 13.8 Å². The predicted octanol–water partition coefficient (Wildman–Crippen LogP) is 2.71. The van der Waals surface area contributed by atoms with Crippen LogP contribution in [-0.2, 0) is 9.53 Å². The van der Waals surface area contributed by atoms with Crippen molar-refractivity contribution < 1.29 is 19.2 Å². The summed E-state index contributed by atoms with van der Waals surface area (Å²) in [5.41, 5.74) is 0.650. The van der Waals surface area contributed by atoms with E-state index in [9.17, 15) is 19.7 Å². The largest absolute Gasteiger partial charge is 0.469 e. The Kier molecular flexibility index (Phi) is 6.68. The first-order valence-corrected chi connectivity index (χ1v) is 7.44. The van der Waals surface area contributed by atoms with Gasteiger partial charge in [-0.3, -0.25) is 19.7 Å². The number of ether oxygens (including phenoxy) is 1. The van der Waals surface area contributed by atoms with Gasteiger partial charge in [0.15, 0.2) is 0 Å². The maximum Gasteiger partial charge on any atom is 0.307 e. The quantitative estimate of drug-likeness (QED) is 0.437. The summed E-state index contributed by atoms with van der Waals surface area (Å²) >= 11 is 0. The molecule has 0 aliphatic heterocycles. The number of amides is 1. The number of carbonyl (C=O) groups excluding carboxylic acids is 2. The second-order valence-corrected chi connectivity index (χ2v) is 5.34. The van der Waals surface area contributed by atoms with E-state index in [0.717, 1.165) is 0 Å². The molecule has 0 saturated heterocycles. The number of nitro benzene ring substituents is 1. The summed E-state index contributed by atoms with van der Waals surface area (Å²) < 4.78 is 4.60. The fourth-order valence-corrected chi connectivity index (χ4v) is 2.16. The molecule has 7 heteroatoms. The fourth-order valence-electron chi connectivity index (χ4n) is 2.16. The zero-order chi connectivity index (χ0) is 17.6. The van der Waals surface area contributed by atoms with Gasteiger partial charge < -0.3 is 9.64 Å². The smallest absolute Gasteiger partial charge is 0.307 e. The number of benzene rings is 1. The van der Waals surface area contributed by atoms with Crippen LogP contribution in [0, 0.1) is 17.0 Å². The van der Waals surface area contributed by atoms with Crippen LogP contribution < -0.4 is 0 Å². The highest BCUT2D eigenvalue weighted by Crippen LogP contribution is 2.21. The Labute approximate surface area is 135 Å². The Bertz CT molecular complexity index is 600. The van der Waals surface area contributed by atoms with Crippen LogP contribution in [0.2, 0.25) is 0 Å². The zero-order valence-electron chi connectivity index (χ0n) is 13.9. The lowest BCUT2D eigenvalue weighted by molar-refractivity contribution is -0.385. The van der Waals surface area contributed by atoms with Crippen molar-refractivity contribution in [3.8, 4) is 0 Å². The normalized spacial score (nSPS) is 11.7. The van der Waals surface area contributed by atoms with Crippen LogP contribution in [0.1, 0.15) is 42.6 Å². The molecule has 0 heterocycles. The molecule has 0 aliphatic carbocycles. The van der Waals surface area contributed by atoms with Crippen molar-refractivity contribution >= 4 is 17.6 Å². The maximum atomic E-state index is 12.7. The Balaban J connectivity index is 3.06. The van der Waals surface area contributed by atoms with Crippen LogP contribution in [0.4, 0.5) is 5.69 Å². The van der Waals surface area contributed by atoms with Gasteiger partial charge in [-0.05, 0) is 26.3 Å². The summed E-state index contributed by atoms with van der Waals surface area (Å²) in [6, 6.07) is 4.32. The molecule has 1 amide bonds. The topological polar surface area (TPSA) is 89.8 Å². The van der Waals surface area contributed by atoms with Crippen molar-refractivity contribution in [2.24, 2.45) is 0 Å². The molecule has 1 atom stereocenters. The average Bonchev–Trinajstić information content (AvgIpc) is 2.54. The van der Waals surface area contributed by atoms with Gasteiger partial charge in [-0.15, -0.1) is 0 Å². The van der Waals surface area contributed by atoms with E-state index in [-0.39, 0.29) is 36.2 Å². The summed E-state index contributed by atoms with van der Waals surface area (Å²) in [5.74, 6) is -0.729. The van der Waals surface area contributed by atoms with E-state index < -0.39 is 10.9 Å². The third-order valence-electron chi connectivity index (χ3n) is 3.82. The number of hydrogen-bond donors (Lipinski definition) is 0. The van der Waals surface area contributed by atoms with Crippen molar-refractivity contribution in [2.75, 3.05) is 13.7 Å². The Morgan fingerprint density at radius 1 is 1.39 bits per heavy atom. The van der Waals surface area contributed by atoms with Crippen molar-refractivity contribution in [1.29, 1.82) is 0 Å². The van der Waals surface area contributed by atoms with Gasteiger partial charge in [-0.25, -0.2) is 0 Å². The van der Waals surface area contributed by atoms with E-state index in [2.05, 4.69) is 4.74 Å². The second kappa shape index (κ2) is 8.26. The van der Waals surface area contributed by atoms with Crippen molar-refractivity contribution in [3.63, 3.8) is 0 Å². The minimum Gasteiger partial charge on any atom is -0.469 e. The summed E-state index contributed by atoms with van der Waals surface area (Å²) in [7, 11) is 1.29. The minimum atomic E-state index is -0.506. The van der Waals surface area contributed by atoms with Gasteiger partial charge in [0.25, 0.3) is 11.6 Å². The van der Waals surface area contributed by atoms with Crippen LogP contribution in [0.15, 0.2) is 18.2 Å². The van der Waals surface area contributed by atoms with Gasteiger partial charge in [0.05, 0.1) is 18.5 Å². The van der Waals surface area contributed by atoms with Crippen molar-refractivity contribution in [1.82, 2.24) is 4.90 Å². The summed E-state index contributed by atoms with van der Waals surface area (Å²) in [6.45, 7) is 5.64. The molecule has 1 rings (SSSR count). The fraction of sp³-hybridized carbons (Fsp3) is 0.500. The van der Waals surface area contributed by atoms with Gasteiger partial charge in [0.2, 0.25) is 0 Å². The van der Waals surface area contributed by atoms with Crippen LogP contribution in [0.3, 0.4) is 0 Å². The Morgan fingerprint density at radius 2 is 2.04 bits per heavy atom. The number of methoxy groups -OCH3 is 1. The number of nitrogens with zero attached hydrogens (tertiary/aromatic N) is 2. The molecule has 0 aliphatic rings. The highest BCUT2D eigenvalue weighted by Gasteiger charge is 2.23. The number of carbonyl (C=O) groups is 2. The number of hydrogen-bond acceptors (Lipinski definition) is 5. The summed E-state index contributed by atoms with van der Waals surface area (Å²) in [5, 5.41) is 11.0. The monoisotopic (exact) mass is 322 g/mol. The molecule has 0 aromatic heterocycles. The third kappa shape index (κ3) is 4.77. The molecular formula is C16H22N2O5. The van der Waals surface area contributed by atoms with Crippen LogP contribution in [-0.4, -0.2) is 41.4 Å². The highest BCUT2D eigenvalue weighted by molar-refractivity contribution is 5.95. The molecule has 7 nitrogen and oxygen atoms in total. The first-order valence-electron chi connectivity index (χ1n) is 7.44. The van der Waals surface area contributed by atoms with Crippen LogP contribution >= 0.6 is 0 Å². The molecule has 0 fully saturated rings. The first kappa shape index (κ1) is 18.6. The van der Waals surface area contributed by atoms with Gasteiger partial charge in [-0.2, -0.15) is 0 Å². The van der Waals surface area contributed by atoms with Crippen LogP contribution in [0.5, 0.6) is 0 Å². The molecular weight excluding hydrogens is 300 g/mol. The molecule has 0 spiro atoms. The number of nitro groups is 1. The molecule has 23 heavy (non-hydrogen) atoms. The Hall–Kier alpha value is -2.44. The minimum absolute atomic E-state index is 0.0839. The molecule has 0 N–H and O–H groups in total. The number of rotatable bonds is 7. The van der Waals surface area contributed by atoms with Crippen molar-refractivity contribution in [3.05, 3.63) is 39.4 Å². The molecule has 1 aromatic rings. The molecule has 0 saturated carbocycles. The highest BCUT2D eigenvalue weighted by atomic mass is 16.6. The second-order valence-electron chi connectivity index (χ2n) is 5.34. The lowest BCUT2D eigenvalue weighted by Crippen LogP contribution is -2.39. The molecule has 1 aromatic carbocycles. The summed E-state index contributed by atoms with van der Waals surface area (Å²) in [6.07, 6.45) is 0.793. The molecule has 0 radical (unpaired) electrons. The standard InChI is InChI=1S/C16H22N2O5/c1-5-12(3)17(9-8-15(19)23-4)16(20)13-7-6-11(2)14(10-13)18(21)22/h6-7,10,12H,5,8-9H2,1-4H3. The van der Waals surface area contributed by atoms with E-state index in [1.54, 1.807) is 24.0 Å². The lowest BCUT2D eigenvalue weighted by atomic mass is 10.1. The molecule has 1 unspecified atom stereocenters. The van der Waals surface area contributed by atoms with Gasteiger partial charge in [0.1, 0.15) is 0 Å². The summed E-state index contributed by atoms with van der Waals surface area (Å²) in [4.78, 5) is 36.1. The average molecular weight is 322 g/mol. The van der Waals surface area contributed by atoms with E-state index >= 15 is 0 Å². The van der Waals surface area contributed by atoms with Crippen LogP contribution in [0.25, 0.3) is 0 Å². The Morgan fingerprint density at radius 3 is 2.57 bits per heavy atom. The number of esters is 1. The van der Waals surface area contributed by atoms with E-state index in [1.165, 1.54) is 13.2 Å². The molecule has 0 bridgehead atoms. The third-order valence-corrected chi connectivity index (χ3v) is 3.82. The van der Waals surface area contributed by atoms with Gasteiger partial charge >= 0.3 is 5.97 Å². The SMILES string of the molecule is CCC(C)N(CCC(=O)OC)C(=O)c1ccc(C)c([N+](=O)[O-])c1. The number of aryl methyl sites for hydroxylation is 1. The van der Waals surface area contributed by atoms with Gasteiger partial charge in [0, 0.05) is 29.8 Å². The van der Waals surface area contributed by atoms with Gasteiger partial charge in [-0.1, -0.05) is 13.0 Å². The van der Waals surface area contributed by atoms with E-state index in [0.29, 0.717) is 12.0 Å². The molecule has 126 valence electrons. The predicted molar refractivity (Wildman–Crippen MR) is 85.3 cm³/mol. The first-order chi connectivity index (χ1) is 10.8. The van der Waals surface area contributed by atoms with Crippen molar-refractivity contribution in [2.45, 2.75) is 39.7 Å². The van der Waals surface area contributed by atoms with E-state index in [4.69, 9.17) is 0 Å². The zero-order valence-corrected chi connectivity index (χ0v) is 13.9.